The molecule has 1 fully saturated rings. The number of carbonyl (C=O) groups is 1. The first-order valence-corrected chi connectivity index (χ1v) is 9.37. The van der Waals surface area contributed by atoms with Crippen LogP contribution in [0.5, 0.6) is 0 Å². The molecule has 3 rings (SSSR count). The summed E-state index contributed by atoms with van der Waals surface area (Å²) >= 11 is 0. The van der Waals surface area contributed by atoms with Crippen molar-refractivity contribution in [2.45, 2.75) is 56.0 Å². The highest BCUT2D eigenvalue weighted by molar-refractivity contribution is 7.89. The maximum Gasteiger partial charge on any atom is 0.307 e. The Bertz CT molecular complexity index is 713. The van der Waals surface area contributed by atoms with Crippen LogP contribution < -0.4 is 0 Å². The molecule has 5 nitrogen and oxygen atoms in total. The molecule has 1 heterocycles. The van der Waals surface area contributed by atoms with Crippen LogP contribution >= 0.6 is 0 Å². The molecule has 23 heavy (non-hydrogen) atoms. The van der Waals surface area contributed by atoms with Gasteiger partial charge in [-0.2, -0.15) is 4.31 Å². The van der Waals surface area contributed by atoms with Crippen molar-refractivity contribution < 1.29 is 22.3 Å². The Morgan fingerprint density at radius 2 is 2.04 bits per heavy atom. The molecular formula is C16H20FNO4S. The molecule has 126 valence electrons. The lowest BCUT2D eigenvalue weighted by molar-refractivity contribution is -0.144. The van der Waals surface area contributed by atoms with Gasteiger partial charge in [0.1, 0.15) is 5.82 Å². The molecule has 0 saturated heterocycles. The SMILES string of the molecule is CCOC(=O)C[C@H]1c2cc(F)ccc2S(=O)(=O)N1C1CCCC1. The number of esters is 1. The average molecular weight is 341 g/mol. The Morgan fingerprint density at radius 3 is 2.70 bits per heavy atom. The number of hydrogen-bond donors (Lipinski definition) is 0. The van der Waals surface area contributed by atoms with Crippen LogP contribution in [0.2, 0.25) is 0 Å². The van der Waals surface area contributed by atoms with E-state index in [1.807, 2.05) is 0 Å². The molecule has 0 amide bonds. The Hall–Kier alpha value is -1.47. The molecule has 1 atom stereocenters. The van der Waals surface area contributed by atoms with Gasteiger partial charge >= 0.3 is 5.97 Å². The highest BCUT2D eigenvalue weighted by atomic mass is 32.2. The average Bonchev–Trinajstić information content (AvgIpc) is 3.05. The summed E-state index contributed by atoms with van der Waals surface area (Å²) in [6.07, 6.45) is 3.39. The van der Waals surface area contributed by atoms with E-state index in [1.54, 1.807) is 6.92 Å². The van der Waals surface area contributed by atoms with Crippen LogP contribution in [0.25, 0.3) is 0 Å². The number of fused-ring (bicyclic) bond motifs is 1. The number of rotatable bonds is 4. The predicted octanol–water partition coefficient (Wildman–Crippen LogP) is 2.77. The van der Waals surface area contributed by atoms with Crippen molar-refractivity contribution in [3.05, 3.63) is 29.6 Å². The van der Waals surface area contributed by atoms with Crippen molar-refractivity contribution in [2.24, 2.45) is 0 Å². The minimum absolute atomic E-state index is 0.0833. The van der Waals surface area contributed by atoms with Gasteiger partial charge < -0.3 is 4.74 Å². The van der Waals surface area contributed by atoms with Gasteiger partial charge in [0.15, 0.2) is 0 Å². The van der Waals surface area contributed by atoms with Gasteiger partial charge in [0, 0.05) is 6.04 Å². The second-order valence-corrected chi connectivity index (χ2v) is 7.79. The van der Waals surface area contributed by atoms with E-state index >= 15 is 0 Å². The van der Waals surface area contributed by atoms with E-state index < -0.39 is 27.9 Å². The van der Waals surface area contributed by atoms with Crippen LogP contribution in [0.4, 0.5) is 4.39 Å². The lowest BCUT2D eigenvalue weighted by Crippen LogP contribution is -2.37. The van der Waals surface area contributed by atoms with Gasteiger partial charge in [-0.1, -0.05) is 12.8 Å². The Balaban J connectivity index is 2.04. The fourth-order valence-electron chi connectivity index (χ4n) is 3.62. The number of carbonyl (C=O) groups excluding carboxylic acids is 1. The molecule has 0 unspecified atom stereocenters. The second kappa shape index (κ2) is 6.20. The summed E-state index contributed by atoms with van der Waals surface area (Å²) in [5, 5.41) is 0. The number of benzene rings is 1. The third-order valence-corrected chi connectivity index (χ3v) is 6.58. The number of halogens is 1. The minimum Gasteiger partial charge on any atom is -0.466 e. The van der Waals surface area contributed by atoms with Crippen LogP contribution in [0.1, 0.15) is 50.6 Å². The minimum atomic E-state index is -3.70. The Morgan fingerprint density at radius 1 is 1.35 bits per heavy atom. The van der Waals surface area contributed by atoms with Gasteiger partial charge in [-0.25, -0.2) is 12.8 Å². The van der Waals surface area contributed by atoms with E-state index in [0.29, 0.717) is 5.56 Å². The van der Waals surface area contributed by atoms with E-state index in [1.165, 1.54) is 16.4 Å². The zero-order valence-electron chi connectivity index (χ0n) is 13.0. The lowest BCUT2D eigenvalue weighted by atomic mass is 10.0. The van der Waals surface area contributed by atoms with E-state index in [-0.39, 0.29) is 24.0 Å². The summed E-state index contributed by atoms with van der Waals surface area (Å²) in [5.74, 6) is -0.964. The second-order valence-electron chi connectivity index (χ2n) is 5.98. The summed E-state index contributed by atoms with van der Waals surface area (Å²) in [4.78, 5) is 12.0. The van der Waals surface area contributed by atoms with Crippen LogP contribution in [0.15, 0.2) is 23.1 Å². The van der Waals surface area contributed by atoms with Crippen molar-refractivity contribution in [3.63, 3.8) is 0 Å². The standard InChI is InChI=1S/C16H20FNO4S/c1-2-22-16(19)10-14-13-9-11(17)7-8-15(13)23(20,21)18(14)12-5-3-4-6-12/h7-9,12,14H,2-6,10H2,1H3/t14-/m0/s1. The van der Waals surface area contributed by atoms with Gasteiger partial charge in [-0.15, -0.1) is 0 Å². The van der Waals surface area contributed by atoms with E-state index in [2.05, 4.69) is 0 Å². The summed E-state index contributed by atoms with van der Waals surface area (Å²) in [6, 6.07) is 2.87. The summed E-state index contributed by atoms with van der Waals surface area (Å²) < 4.78 is 45.8. The summed E-state index contributed by atoms with van der Waals surface area (Å²) in [5.41, 5.74) is 0.366. The maximum absolute atomic E-state index is 13.6. The van der Waals surface area contributed by atoms with Gasteiger partial charge in [0.05, 0.1) is 24.0 Å². The van der Waals surface area contributed by atoms with Crippen LogP contribution in [0, 0.1) is 5.82 Å². The molecular weight excluding hydrogens is 321 g/mol. The zero-order chi connectivity index (χ0) is 16.6. The first kappa shape index (κ1) is 16.4. The van der Waals surface area contributed by atoms with Crippen molar-refractivity contribution in [3.8, 4) is 0 Å². The fourth-order valence-corrected chi connectivity index (χ4v) is 5.71. The van der Waals surface area contributed by atoms with Gasteiger partial charge in [0.2, 0.25) is 10.0 Å². The zero-order valence-corrected chi connectivity index (χ0v) is 13.8. The predicted molar refractivity (Wildman–Crippen MR) is 81.7 cm³/mol. The summed E-state index contributed by atoms with van der Waals surface area (Å²) in [6.45, 7) is 1.93. The van der Waals surface area contributed by atoms with E-state index in [9.17, 15) is 17.6 Å². The van der Waals surface area contributed by atoms with Crippen molar-refractivity contribution in [1.29, 1.82) is 0 Å². The molecule has 0 bridgehead atoms. The van der Waals surface area contributed by atoms with E-state index in [0.717, 1.165) is 31.7 Å². The normalized spacial score (nSPS) is 23.8. The first-order chi connectivity index (χ1) is 10.9. The topological polar surface area (TPSA) is 63.7 Å². The molecule has 0 radical (unpaired) electrons. The van der Waals surface area contributed by atoms with Gasteiger partial charge in [-0.3, -0.25) is 4.79 Å². The van der Waals surface area contributed by atoms with E-state index in [4.69, 9.17) is 4.74 Å². The van der Waals surface area contributed by atoms with Crippen LogP contribution in [-0.2, 0) is 19.6 Å². The summed E-state index contributed by atoms with van der Waals surface area (Å²) in [7, 11) is -3.70. The molecule has 1 aliphatic carbocycles. The van der Waals surface area contributed by atoms with Crippen LogP contribution in [0.3, 0.4) is 0 Å². The Kier molecular flexibility index (Phi) is 4.42. The molecule has 0 spiro atoms. The van der Waals surface area contributed by atoms with Crippen LogP contribution in [-0.4, -0.2) is 31.3 Å². The molecule has 0 aromatic heterocycles. The molecule has 1 aliphatic heterocycles. The quantitative estimate of drug-likeness (QED) is 0.790. The largest absolute Gasteiger partial charge is 0.466 e. The smallest absolute Gasteiger partial charge is 0.307 e. The molecule has 2 aliphatic rings. The maximum atomic E-state index is 13.6. The first-order valence-electron chi connectivity index (χ1n) is 7.93. The number of ether oxygens (including phenoxy) is 1. The highest BCUT2D eigenvalue weighted by Gasteiger charge is 2.47. The van der Waals surface area contributed by atoms with Gasteiger partial charge in [-0.05, 0) is 43.5 Å². The Labute approximate surface area is 135 Å². The van der Waals surface area contributed by atoms with Crippen molar-refractivity contribution in [1.82, 2.24) is 4.31 Å². The van der Waals surface area contributed by atoms with Crippen molar-refractivity contribution >= 4 is 16.0 Å². The highest BCUT2D eigenvalue weighted by Crippen LogP contribution is 2.45. The monoisotopic (exact) mass is 341 g/mol. The molecule has 0 N–H and O–H groups in total. The molecule has 7 heteroatoms. The lowest BCUT2D eigenvalue weighted by Gasteiger charge is -2.28. The number of nitrogens with zero attached hydrogens (tertiary/aromatic N) is 1. The molecule has 1 aromatic carbocycles. The van der Waals surface area contributed by atoms with Crippen molar-refractivity contribution in [2.75, 3.05) is 6.61 Å². The third-order valence-electron chi connectivity index (χ3n) is 4.54. The third kappa shape index (κ3) is 2.87. The number of sulfonamides is 1. The number of hydrogen-bond acceptors (Lipinski definition) is 4. The van der Waals surface area contributed by atoms with Gasteiger partial charge in [0.25, 0.3) is 0 Å². The molecule has 1 saturated carbocycles. The molecule has 1 aromatic rings. The fraction of sp³-hybridized carbons (Fsp3) is 0.562.